The van der Waals surface area contributed by atoms with E-state index >= 15 is 0 Å². The van der Waals surface area contributed by atoms with Crippen LogP contribution < -0.4 is 10.5 Å². The first-order valence-electron chi connectivity index (χ1n) is 6.62. The van der Waals surface area contributed by atoms with Gasteiger partial charge in [-0.15, -0.1) is 0 Å². The summed E-state index contributed by atoms with van der Waals surface area (Å²) in [6.45, 7) is 3.65. The molecule has 2 rings (SSSR count). The molecule has 0 amide bonds. The summed E-state index contributed by atoms with van der Waals surface area (Å²) < 4.78 is 19.2. The Balaban J connectivity index is 2.44. The second-order valence-corrected chi connectivity index (χ2v) is 5.75. The third kappa shape index (κ3) is 3.19. The highest BCUT2D eigenvalue weighted by atomic mass is 32.2. The van der Waals surface area contributed by atoms with E-state index in [1.54, 1.807) is 6.92 Å². The molecule has 0 radical (unpaired) electrons. The molecule has 22 heavy (non-hydrogen) atoms. The molecule has 5 nitrogen and oxygen atoms in total. The number of ketones is 1. The number of nitrogen functional groups attached to an aromatic ring is 1. The number of aryl methyl sites for hydroxylation is 1. The van der Waals surface area contributed by atoms with Gasteiger partial charge in [0.2, 0.25) is 5.78 Å². The molecule has 0 aliphatic heterocycles. The molecular weight excluding hydrogens is 305 g/mol. The van der Waals surface area contributed by atoms with Gasteiger partial charge in [-0.2, -0.15) is 0 Å². The summed E-state index contributed by atoms with van der Waals surface area (Å²) in [5, 5.41) is 0.485. The highest BCUT2D eigenvalue weighted by molar-refractivity contribution is 7.99. The zero-order chi connectivity index (χ0) is 16.3. The van der Waals surface area contributed by atoms with Crippen LogP contribution in [0.15, 0.2) is 23.5 Å². The average molecular weight is 321 g/mol. The van der Waals surface area contributed by atoms with E-state index in [-0.39, 0.29) is 16.9 Å². The van der Waals surface area contributed by atoms with Crippen molar-refractivity contribution >= 4 is 23.4 Å². The van der Waals surface area contributed by atoms with Crippen LogP contribution in [0, 0.1) is 12.7 Å². The van der Waals surface area contributed by atoms with E-state index in [4.69, 9.17) is 10.5 Å². The van der Waals surface area contributed by atoms with Crippen LogP contribution in [0.25, 0.3) is 0 Å². The fourth-order valence-electron chi connectivity index (χ4n) is 1.94. The molecule has 0 aliphatic carbocycles. The fourth-order valence-corrected chi connectivity index (χ4v) is 2.49. The van der Waals surface area contributed by atoms with Crippen molar-refractivity contribution in [3.8, 4) is 5.75 Å². The van der Waals surface area contributed by atoms with E-state index in [1.807, 2.05) is 6.92 Å². The molecule has 2 N–H and O–H groups in total. The molecule has 1 aromatic carbocycles. The second kappa shape index (κ2) is 6.74. The number of nitrogens with two attached hydrogens (primary N) is 1. The molecule has 0 spiro atoms. The summed E-state index contributed by atoms with van der Waals surface area (Å²) in [6, 6.07) is 2.62. The summed E-state index contributed by atoms with van der Waals surface area (Å²) in [4.78, 5) is 20.6. The second-order valence-electron chi connectivity index (χ2n) is 4.52. The largest absolute Gasteiger partial charge is 0.496 e. The van der Waals surface area contributed by atoms with E-state index in [9.17, 15) is 9.18 Å². The SMILES string of the molecule is CCSc1ncc(C(=O)c2cc(OC)c(C)cc2F)c(N)n1. The van der Waals surface area contributed by atoms with Crippen LogP contribution in [0.2, 0.25) is 0 Å². The summed E-state index contributed by atoms with van der Waals surface area (Å²) in [5.41, 5.74) is 6.37. The summed E-state index contributed by atoms with van der Waals surface area (Å²) in [5.74, 6) is 0.0598. The molecule has 0 unspecified atom stereocenters. The van der Waals surface area contributed by atoms with Gasteiger partial charge in [-0.05, 0) is 30.4 Å². The minimum Gasteiger partial charge on any atom is -0.496 e. The van der Waals surface area contributed by atoms with Crippen molar-refractivity contribution in [2.45, 2.75) is 19.0 Å². The Morgan fingerprint density at radius 1 is 1.41 bits per heavy atom. The van der Waals surface area contributed by atoms with E-state index in [0.29, 0.717) is 16.5 Å². The molecule has 0 aliphatic rings. The molecule has 1 heterocycles. The Hall–Kier alpha value is -2.15. The lowest BCUT2D eigenvalue weighted by molar-refractivity contribution is 0.103. The Bertz CT molecular complexity index is 722. The molecule has 1 aromatic heterocycles. The lowest BCUT2D eigenvalue weighted by Crippen LogP contribution is -2.11. The summed E-state index contributed by atoms with van der Waals surface area (Å²) >= 11 is 1.41. The number of rotatable bonds is 5. The molecule has 2 aromatic rings. The van der Waals surface area contributed by atoms with E-state index in [0.717, 1.165) is 5.75 Å². The number of halogens is 1. The van der Waals surface area contributed by atoms with Gasteiger partial charge in [0, 0.05) is 6.20 Å². The van der Waals surface area contributed by atoms with Gasteiger partial charge in [0.05, 0.1) is 18.2 Å². The summed E-state index contributed by atoms with van der Waals surface area (Å²) in [6.07, 6.45) is 1.33. The van der Waals surface area contributed by atoms with E-state index in [2.05, 4.69) is 9.97 Å². The molecule has 7 heteroatoms. The van der Waals surface area contributed by atoms with Crippen molar-refractivity contribution in [1.82, 2.24) is 9.97 Å². The van der Waals surface area contributed by atoms with Crippen LogP contribution in [-0.2, 0) is 0 Å². The van der Waals surface area contributed by atoms with Gasteiger partial charge >= 0.3 is 0 Å². The third-order valence-electron chi connectivity index (χ3n) is 3.04. The smallest absolute Gasteiger partial charge is 0.201 e. The lowest BCUT2D eigenvalue weighted by atomic mass is 10.0. The van der Waals surface area contributed by atoms with Crippen molar-refractivity contribution in [3.63, 3.8) is 0 Å². The maximum absolute atomic E-state index is 14.1. The fraction of sp³-hybridized carbons (Fsp3) is 0.267. The zero-order valence-corrected chi connectivity index (χ0v) is 13.3. The predicted molar refractivity (Wildman–Crippen MR) is 84.0 cm³/mol. The van der Waals surface area contributed by atoms with Gasteiger partial charge in [0.25, 0.3) is 0 Å². The van der Waals surface area contributed by atoms with Gasteiger partial charge in [0.1, 0.15) is 17.4 Å². The maximum Gasteiger partial charge on any atom is 0.201 e. The third-order valence-corrected chi connectivity index (χ3v) is 3.79. The number of carbonyl (C=O) groups excluding carboxylic acids is 1. The van der Waals surface area contributed by atoms with Gasteiger partial charge in [-0.25, -0.2) is 14.4 Å². The molecule has 0 saturated heterocycles. The van der Waals surface area contributed by atoms with E-state index < -0.39 is 11.6 Å². The highest BCUT2D eigenvalue weighted by Gasteiger charge is 2.20. The van der Waals surface area contributed by atoms with Crippen LogP contribution in [0.4, 0.5) is 10.2 Å². The maximum atomic E-state index is 14.1. The van der Waals surface area contributed by atoms with Crippen LogP contribution in [-0.4, -0.2) is 28.6 Å². The molecule has 0 fully saturated rings. The Morgan fingerprint density at radius 3 is 2.73 bits per heavy atom. The standard InChI is InChI=1S/C15H16FN3O2S/c1-4-22-15-18-7-10(14(17)19-15)13(20)9-6-12(21-3)8(2)5-11(9)16/h5-7H,4H2,1-3H3,(H2,17,18,19). The van der Waals surface area contributed by atoms with Crippen molar-refractivity contribution in [1.29, 1.82) is 0 Å². The van der Waals surface area contributed by atoms with Gasteiger partial charge in [0.15, 0.2) is 5.16 Å². The average Bonchev–Trinajstić information content (AvgIpc) is 2.47. The normalized spacial score (nSPS) is 10.5. The van der Waals surface area contributed by atoms with E-state index in [1.165, 1.54) is 37.2 Å². The molecule has 0 saturated carbocycles. The Kier molecular flexibility index (Phi) is 4.97. The Labute approximate surface area is 132 Å². The first-order valence-corrected chi connectivity index (χ1v) is 7.60. The first-order chi connectivity index (χ1) is 10.5. The van der Waals surface area contributed by atoms with Crippen molar-refractivity contribution in [3.05, 3.63) is 40.8 Å². The number of thioether (sulfide) groups is 1. The van der Waals surface area contributed by atoms with Gasteiger partial charge in [-0.1, -0.05) is 18.7 Å². The van der Waals surface area contributed by atoms with Gasteiger partial charge in [-0.3, -0.25) is 4.79 Å². The molecule has 0 atom stereocenters. The monoisotopic (exact) mass is 321 g/mol. The first kappa shape index (κ1) is 16.2. The number of anilines is 1. The van der Waals surface area contributed by atoms with Gasteiger partial charge < -0.3 is 10.5 Å². The minimum absolute atomic E-state index is 0.0369. The number of hydrogen-bond acceptors (Lipinski definition) is 6. The molecular formula is C15H16FN3O2S. The van der Waals surface area contributed by atoms with Crippen LogP contribution in [0.5, 0.6) is 5.75 Å². The highest BCUT2D eigenvalue weighted by Crippen LogP contribution is 2.25. The van der Waals surface area contributed by atoms with Crippen molar-refractivity contribution < 1.29 is 13.9 Å². The summed E-state index contributed by atoms with van der Waals surface area (Å²) in [7, 11) is 1.46. The number of nitrogens with zero attached hydrogens (tertiary/aromatic N) is 2. The van der Waals surface area contributed by atoms with Crippen LogP contribution in [0.3, 0.4) is 0 Å². The molecule has 116 valence electrons. The topological polar surface area (TPSA) is 78.1 Å². The number of hydrogen-bond donors (Lipinski definition) is 1. The lowest BCUT2D eigenvalue weighted by Gasteiger charge is -2.10. The zero-order valence-electron chi connectivity index (χ0n) is 12.5. The number of benzene rings is 1. The quantitative estimate of drug-likeness (QED) is 0.518. The minimum atomic E-state index is -0.630. The van der Waals surface area contributed by atoms with Crippen molar-refractivity contribution in [2.24, 2.45) is 0 Å². The number of aromatic nitrogens is 2. The number of ether oxygens (including phenoxy) is 1. The predicted octanol–water partition coefficient (Wildman–Crippen LogP) is 2.86. The van der Waals surface area contributed by atoms with Crippen molar-refractivity contribution in [2.75, 3.05) is 18.6 Å². The van der Waals surface area contributed by atoms with Crippen LogP contribution in [0.1, 0.15) is 28.4 Å². The number of methoxy groups -OCH3 is 1. The Morgan fingerprint density at radius 2 is 2.14 bits per heavy atom. The molecule has 0 bridgehead atoms. The van der Waals surface area contributed by atoms with Crippen LogP contribution >= 0.6 is 11.8 Å². The number of carbonyl (C=O) groups is 1.